The molecule has 0 radical (unpaired) electrons. The van der Waals surface area contributed by atoms with Gasteiger partial charge in [-0.1, -0.05) is 18.2 Å². The van der Waals surface area contributed by atoms with Gasteiger partial charge in [0.1, 0.15) is 23.3 Å². The monoisotopic (exact) mass is 366 g/mol. The minimum Gasteiger partial charge on any atom is -0.508 e. The number of rotatable bonds is 7. The fraction of sp³-hybridized carbons (Fsp3) is 0.190. The Kier molecular flexibility index (Phi) is 5.78. The molecule has 0 aromatic heterocycles. The molecule has 6 heteroatoms. The van der Waals surface area contributed by atoms with Crippen LogP contribution in [-0.2, 0) is 17.6 Å². The van der Waals surface area contributed by atoms with Gasteiger partial charge in [-0.05, 0) is 65.7 Å². The van der Waals surface area contributed by atoms with Gasteiger partial charge >= 0.3 is 5.97 Å². The fourth-order valence-electron chi connectivity index (χ4n) is 2.82. The lowest BCUT2D eigenvalue weighted by atomic mass is 9.98. The van der Waals surface area contributed by atoms with E-state index < -0.39 is 12.0 Å². The normalized spacial score (nSPS) is 14.2. The lowest BCUT2D eigenvalue weighted by Gasteiger charge is -2.16. The topological polar surface area (TPSA) is 105 Å². The third-order valence-corrected chi connectivity index (χ3v) is 4.25. The lowest BCUT2D eigenvalue weighted by molar-refractivity contribution is -0.138. The Morgan fingerprint density at radius 1 is 1.22 bits per heavy atom. The Morgan fingerprint density at radius 3 is 2.67 bits per heavy atom. The maximum atomic E-state index is 11.0. The van der Waals surface area contributed by atoms with Gasteiger partial charge in [-0.25, -0.2) is 0 Å². The van der Waals surface area contributed by atoms with Gasteiger partial charge in [0.25, 0.3) is 0 Å². The summed E-state index contributed by atoms with van der Waals surface area (Å²) in [6.45, 7) is 0.767. The van der Waals surface area contributed by atoms with Crippen LogP contribution in [-0.4, -0.2) is 28.8 Å². The van der Waals surface area contributed by atoms with Crippen LogP contribution in [0, 0.1) is 0 Å². The first kappa shape index (κ1) is 18.5. The van der Waals surface area contributed by atoms with E-state index in [4.69, 9.17) is 15.6 Å². The summed E-state index contributed by atoms with van der Waals surface area (Å²) in [4.78, 5) is 11.0. The summed E-state index contributed by atoms with van der Waals surface area (Å²) in [6, 6.07) is 11.2. The Morgan fingerprint density at radius 2 is 2.00 bits per heavy atom. The summed E-state index contributed by atoms with van der Waals surface area (Å²) in [5, 5.41) is 21.6. The van der Waals surface area contributed by atoms with Crippen molar-refractivity contribution in [2.45, 2.75) is 18.9 Å². The van der Waals surface area contributed by atoms with E-state index in [0.717, 1.165) is 23.2 Å². The van der Waals surface area contributed by atoms with Gasteiger partial charge in [0.2, 0.25) is 0 Å². The molecule has 2 aromatic rings. The zero-order valence-corrected chi connectivity index (χ0v) is 14.8. The van der Waals surface area contributed by atoms with E-state index in [1.165, 1.54) is 0 Å². The molecule has 0 saturated carbocycles. The zero-order chi connectivity index (χ0) is 19.2. The number of carboxylic acid groups (broad SMARTS) is 1. The van der Waals surface area contributed by atoms with Gasteiger partial charge in [-0.3, -0.25) is 4.79 Å². The number of aromatic hydroxyl groups is 1. The largest absolute Gasteiger partial charge is 0.508 e. The number of hydrogen-bond acceptors (Lipinski definition) is 5. The Hall–Kier alpha value is -3.25. The molecule has 27 heavy (non-hydrogen) atoms. The number of nitrogens with two attached hydrogens (primary N) is 1. The second kappa shape index (κ2) is 8.42. The van der Waals surface area contributed by atoms with Gasteiger partial charge in [0, 0.05) is 13.0 Å². The van der Waals surface area contributed by atoms with Crippen LogP contribution >= 0.6 is 0 Å². The molecule has 3 rings (SSSR count). The van der Waals surface area contributed by atoms with Crippen molar-refractivity contribution in [1.82, 2.24) is 5.32 Å². The SMILES string of the molecule is N[C@@H](Cc1ccc(Oc2ccc(O)cc2)c(CC2=CCNC=C2)c1)C(=O)O. The molecule has 1 heterocycles. The predicted octanol–water partition coefficient (Wildman–Crippen LogP) is 2.72. The van der Waals surface area contributed by atoms with Gasteiger partial charge in [-0.15, -0.1) is 0 Å². The summed E-state index contributed by atoms with van der Waals surface area (Å²) in [6.07, 6.45) is 6.91. The van der Waals surface area contributed by atoms with Crippen molar-refractivity contribution in [3.8, 4) is 17.2 Å². The second-order valence-electron chi connectivity index (χ2n) is 6.38. The van der Waals surface area contributed by atoms with E-state index in [1.807, 2.05) is 30.5 Å². The van der Waals surface area contributed by atoms with Crippen LogP contribution < -0.4 is 15.8 Å². The van der Waals surface area contributed by atoms with Gasteiger partial charge in [-0.2, -0.15) is 0 Å². The predicted molar refractivity (Wildman–Crippen MR) is 103 cm³/mol. The first-order valence-electron chi connectivity index (χ1n) is 8.67. The molecule has 0 unspecified atom stereocenters. The molecule has 2 aromatic carbocycles. The maximum Gasteiger partial charge on any atom is 0.320 e. The average molecular weight is 366 g/mol. The van der Waals surface area contributed by atoms with Crippen molar-refractivity contribution in [2.24, 2.45) is 5.73 Å². The molecule has 1 atom stereocenters. The highest BCUT2D eigenvalue weighted by atomic mass is 16.5. The number of dihydropyridines is 1. The number of aliphatic carboxylic acids is 1. The molecule has 0 spiro atoms. The summed E-state index contributed by atoms with van der Waals surface area (Å²) in [5.74, 6) is 0.440. The van der Waals surface area contributed by atoms with Gasteiger partial charge in [0.15, 0.2) is 0 Å². The highest BCUT2D eigenvalue weighted by molar-refractivity contribution is 5.73. The number of benzene rings is 2. The van der Waals surface area contributed by atoms with Crippen molar-refractivity contribution in [2.75, 3.05) is 6.54 Å². The average Bonchev–Trinajstić information content (AvgIpc) is 2.66. The van der Waals surface area contributed by atoms with Crippen LogP contribution in [0.15, 0.2) is 66.4 Å². The number of allylic oxidation sites excluding steroid dienone is 2. The van der Waals surface area contributed by atoms with Gasteiger partial charge < -0.3 is 26.0 Å². The first-order chi connectivity index (χ1) is 13.0. The molecule has 0 aliphatic carbocycles. The number of phenols is 1. The summed E-state index contributed by atoms with van der Waals surface area (Å²) in [7, 11) is 0. The van der Waals surface area contributed by atoms with Gasteiger partial charge in [0.05, 0.1) is 0 Å². The molecule has 6 nitrogen and oxygen atoms in total. The van der Waals surface area contributed by atoms with E-state index in [9.17, 15) is 9.90 Å². The molecule has 1 aliphatic heterocycles. The maximum absolute atomic E-state index is 11.0. The zero-order valence-electron chi connectivity index (χ0n) is 14.8. The molecule has 1 aliphatic rings. The number of phenolic OH excluding ortho intramolecular Hbond substituents is 1. The van der Waals surface area contributed by atoms with E-state index in [-0.39, 0.29) is 12.2 Å². The van der Waals surface area contributed by atoms with E-state index in [0.29, 0.717) is 17.9 Å². The smallest absolute Gasteiger partial charge is 0.320 e. The van der Waals surface area contributed by atoms with Crippen LogP contribution in [0.25, 0.3) is 0 Å². The Labute approximate surface area is 157 Å². The molecule has 140 valence electrons. The Bertz CT molecular complexity index is 872. The van der Waals surface area contributed by atoms with E-state index in [2.05, 4.69) is 11.4 Å². The highest BCUT2D eigenvalue weighted by Gasteiger charge is 2.15. The van der Waals surface area contributed by atoms with Crippen molar-refractivity contribution in [1.29, 1.82) is 0 Å². The van der Waals surface area contributed by atoms with Crippen LogP contribution in [0.2, 0.25) is 0 Å². The van der Waals surface area contributed by atoms with Crippen molar-refractivity contribution < 1.29 is 19.7 Å². The fourth-order valence-corrected chi connectivity index (χ4v) is 2.82. The second-order valence-corrected chi connectivity index (χ2v) is 6.38. The lowest BCUT2D eigenvalue weighted by Crippen LogP contribution is -2.32. The third kappa shape index (κ3) is 5.12. The minimum atomic E-state index is -1.02. The standard InChI is InChI=1S/C21H22N2O4/c22-19(21(25)26)13-15-1-6-20(27-18-4-2-17(24)3-5-18)16(12-15)11-14-7-9-23-10-8-14/h1-9,12,19,23-24H,10-11,13,22H2,(H,25,26)/t19-/m0/s1. The van der Waals surface area contributed by atoms with Crippen molar-refractivity contribution in [3.63, 3.8) is 0 Å². The first-order valence-corrected chi connectivity index (χ1v) is 8.67. The number of carboxylic acids is 1. The van der Waals surface area contributed by atoms with Crippen LogP contribution in [0.4, 0.5) is 0 Å². The van der Waals surface area contributed by atoms with Crippen LogP contribution in [0.1, 0.15) is 11.1 Å². The highest BCUT2D eigenvalue weighted by Crippen LogP contribution is 2.30. The number of carbonyl (C=O) groups is 1. The third-order valence-electron chi connectivity index (χ3n) is 4.25. The summed E-state index contributed by atoms with van der Waals surface area (Å²) >= 11 is 0. The molecular weight excluding hydrogens is 344 g/mol. The van der Waals surface area contributed by atoms with Crippen molar-refractivity contribution >= 4 is 5.97 Å². The van der Waals surface area contributed by atoms with E-state index >= 15 is 0 Å². The molecule has 0 fully saturated rings. The van der Waals surface area contributed by atoms with E-state index in [1.54, 1.807) is 24.3 Å². The number of nitrogens with one attached hydrogen (secondary N) is 1. The molecular formula is C21H22N2O4. The quantitative estimate of drug-likeness (QED) is 0.601. The van der Waals surface area contributed by atoms with Crippen LogP contribution in [0.3, 0.4) is 0 Å². The minimum absolute atomic E-state index is 0.172. The molecule has 0 amide bonds. The molecule has 0 saturated heterocycles. The van der Waals surface area contributed by atoms with Crippen molar-refractivity contribution in [3.05, 3.63) is 77.5 Å². The molecule has 0 bridgehead atoms. The number of ether oxygens (including phenoxy) is 1. The van der Waals surface area contributed by atoms with Crippen LogP contribution in [0.5, 0.6) is 17.2 Å². The Balaban J connectivity index is 1.87. The summed E-state index contributed by atoms with van der Waals surface area (Å²) < 4.78 is 5.99. The number of hydrogen-bond donors (Lipinski definition) is 4. The summed E-state index contributed by atoms with van der Waals surface area (Å²) in [5.41, 5.74) is 8.60. The molecule has 5 N–H and O–H groups in total.